The number of nitrogens with zero attached hydrogens (tertiary/aromatic N) is 4. The van der Waals surface area contributed by atoms with Gasteiger partial charge in [-0.1, -0.05) is 0 Å². The quantitative estimate of drug-likeness (QED) is 0.354. The molecule has 0 saturated heterocycles. The fourth-order valence-electron chi connectivity index (χ4n) is 3.30. The zero-order valence-corrected chi connectivity index (χ0v) is 14.8. The van der Waals surface area contributed by atoms with Crippen molar-refractivity contribution < 1.29 is 19.2 Å². The molecule has 0 saturated carbocycles. The van der Waals surface area contributed by atoms with Crippen molar-refractivity contribution in [2.75, 3.05) is 0 Å². The predicted octanol–water partition coefficient (Wildman–Crippen LogP) is 4.70. The van der Waals surface area contributed by atoms with Crippen molar-refractivity contribution in [1.29, 1.82) is 0 Å². The van der Waals surface area contributed by atoms with Gasteiger partial charge in [-0.3, -0.25) is 30.3 Å². The van der Waals surface area contributed by atoms with Crippen LogP contribution in [0.4, 0.5) is 27.1 Å². The maximum absolute atomic E-state index is 13.2. The molecule has 3 aromatic carbocycles. The Morgan fingerprint density at radius 3 is 1.93 bits per heavy atom. The van der Waals surface area contributed by atoms with Crippen LogP contribution in [0, 0.1) is 36.2 Å². The van der Waals surface area contributed by atoms with Gasteiger partial charge in [0.2, 0.25) is 0 Å². The Bertz CT molecular complexity index is 1290. The minimum Gasteiger partial charge on any atom is -0.258 e. The van der Waals surface area contributed by atoms with Crippen molar-refractivity contribution in [3.8, 4) is 11.1 Å². The van der Waals surface area contributed by atoms with Crippen LogP contribution in [-0.2, 0) is 0 Å². The molecule has 0 unspecified atom stereocenters. The lowest BCUT2D eigenvalue weighted by Crippen LogP contribution is -2.01. The largest absolute Gasteiger partial charge is 0.284 e. The third-order valence-electron chi connectivity index (χ3n) is 4.57. The van der Waals surface area contributed by atoms with Gasteiger partial charge in [0.05, 0.1) is 37.8 Å². The lowest BCUT2D eigenvalue weighted by atomic mass is 10.0. The highest BCUT2D eigenvalue weighted by Crippen LogP contribution is 2.46. The van der Waals surface area contributed by atoms with Gasteiger partial charge < -0.3 is 0 Å². The maximum Gasteiger partial charge on any atom is 0.284 e. The summed E-state index contributed by atoms with van der Waals surface area (Å²) in [4.78, 5) is 36.4. The molecule has 3 aromatic rings. The number of hydrogen-bond donors (Lipinski definition) is 0. The van der Waals surface area contributed by atoms with Crippen molar-refractivity contribution in [3.05, 3.63) is 102 Å². The molecule has 0 aromatic heterocycles. The number of nitro groups is 3. The summed E-state index contributed by atoms with van der Waals surface area (Å²) in [5.41, 5.74) is -0.274. The van der Waals surface area contributed by atoms with Crippen LogP contribution >= 0.6 is 0 Å². The van der Waals surface area contributed by atoms with E-state index in [2.05, 4.69) is 4.99 Å². The number of aliphatic imine (C=N–C) groups is 1. The predicted molar refractivity (Wildman–Crippen MR) is 104 cm³/mol. The van der Waals surface area contributed by atoms with Gasteiger partial charge in [-0.25, -0.2) is 9.38 Å². The molecule has 0 bridgehead atoms. The molecule has 11 heteroatoms. The second-order valence-electron chi connectivity index (χ2n) is 6.33. The molecule has 0 N–H and O–H groups in total. The fourth-order valence-corrected chi connectivity index (χ4v) is 3.30. The molecule has 0 atom stereocenters. The van der Waals surface area contributed by atoms with Crippen LogP contribution in [0.5, 0.6) is 0 Å². The number of halogens is 1. The highest BCUT2D eigenvalue weighted by molar-refractivity contribution is 6.27. The van der Waals surface area contributed by atoms with E-state index in [-0.39, 0.29) is 39.3 Å². The first-order valence-corrected chi connectivity index (χ1v) is 8.37. The molecule has 1 aliphatic rings. The van der Waals surface area contributed by atoms with Gasteiger partial charge in [0.1, 0.15) is 5.82 Å². The Hall–Kier alpha value is -4.54. The standard InChI is InChI=1S/C19H9FN4O6/c20-10-1-3-11(4-2-10)21-19-15-7-12(22(25)26)5-6-14(15)18-16(19)8-13(23(27)28)9-17(18)24(29)30/h1-9H/b21-19+. The monoisotopic (exact) mass is 408 g/mol. The minimum atomic E-state index is -0.770. The zero-order valence-electron chi connectivity index (χ0n) is 14.8. The molecular formula is C19H9FN4O6. The van der Waals surface area contributed by atoms with Gasteiger partial charge in [-0.15, -0.1) is 0 Å². The van der Waals surface area contributed by atoms with E-state index in [4.69, 9.17) is 0 Å². The average Bonchev–Trinajstić information content (AvgIpc) is 3.01. The highest BCUT2D eigenvalue weighted by Gasteiger charge is 2.35. The molecular weight excluding hydrogens is 399 g/mol. The molecule has 0 fully saturated rings. The number of hydrogen-bond acceptors (Lipinski definition) is 7. The summed E-state index contributed by atoms with van der Waals surface area (Å²) < 4.78 is 13.2. The molecule has 4 rings (SSSR count). The third-order valence-corrected chi connectivity index (χ3v) is 4.57. The molecule has 10 nitrogen and oxygen atoms in total. The first-order valence-electron chi connectivity index (χ1n) is 8.37. The van der Waals surface area contributed by atoms with Crippen LogP contribution in [0.2, 0.25) is 0 Å². The van der Waals surface area contributed by atoms with Crippen molar-refractivity contribution in [2.45, 2.75) is 0 Å². The normalized spacial score (nSPS) is 13.0. The van der Waals surface area contributed by atoms with E-state index in [0.717, 1.165) is 24.3 Å². The van der Waals surface area contributed by atoms with E-state index >= 15 is 0 Å². The summed E-state index contributed by atoms with van der Waals surface area (Å²) in [6.45, 7) is 0. The van der Waals surface area contributed by atoms with Gasteiger partial charge in [0.15, 0.2) is 0 Å². The Labute approximate surface area is 166 Å². The molecule has 0 spiro atoms. The highest BCUT2D eigenvalue weighted by atomic mass is 19.1. The summed E-state index contributed by atoms with van der Waals surface area (Å²) in [5.74, 6) is -0.506. The van der Waals surface area contributed by atoms with E-state index in [1.807, 2.05) is 0 Å². The lowest BCUT2D eigenvalue weighted by Gasteiger charge is -2.03. The molecule has 148 valence electrons. The molecule has 0 radical (unpaired) electrons. The first-order chi connectivity index (χ1) is 14.3. The number of fused-ring (bicyclic) bond motifs is 3. The van der Waals surface area contributed by atoms with Crippen LogP contribution in [0.3, 0.4) is 0 Å². The van der Waals surface area contributed by atoms with Crippen molar-refractivity contribution >= 4 is 28.5 Å². The SMILES string of the molecule is O=[N+]([O-])c1ccc2c(c1)/C(=N\c1ccc(F)cc1)c1cc([N+](=O)[O-])cc([N+](=O)[O-])c1-2. The third kappa shape index (κ3) is 3.03. The molecule has 0 amide bonds. The first kappa shape index (κ1) is 18.8. The van der Waals surface area contributed by atoms with Crippen molar-refractivity contribution in [1.82, 2.24) is 0 Å². The number of rotatable bonds is 4. The lowest BCUT2D eigenvalue weighted by molar-refractivity contribution is -0.393. The van der Waals surface area contributed by atoms with Crippen LogP contribution in [0.1, 0.15) is 11.1 Å². The molecule has 0 aliphatic heterocycles. The fraction of sp³-hybridized carbons (Fsp3) is 0. The Balaban J connectivity index is 2.07. The van der Waals surface area contributed by atoms with E-state index in [9.17, 15) is 34.7 Å². The van der Waals surface area contributed by atoms with Crippen LogP contribution in [-0.4, -0.2) is 20.5 Å². The zero-order chi connectivity index (χ0) is 21.6. The summed E-state index contributed by atoms with van der Waals surface area (Å²) in [6, 6.07) is 10.7. The van der Waals surface area contributed by atoms with Crippen molar-refractivity contribution in [2.24, 2.45) is 4.99 Å². The topological polar surface area (TPSA) is 142 Å². The van der Waals surface area contributed by atoms with E-state index in [0.29, 0.717) is 0 Å². The van der Waals surface area contributed by atoms with E-state index in [1.54, 1.807) is 0 Å². The average molecular weight is 408 g/mol. The van der Waals surface area contributed by atoms with Gasteiger partial charge in [-0.2, -0.15) is 0 Å². The maximum atomic E-state index is 13.2. The summed E-state index contributed by atoms with van der Waals surface area (Å²) in [7, 11) is 0. The number of non-ortho nitro benzene ring substituents is 2. The van der Waals surface area contributed by atoms with Gasteiger partial charge >= 0.3 is 0 Å². The number of nitro benzene ring substituents is 3. The van der Waals surface area contributed by atoms with Gasteiger partial charge in [0, 0.05) is 29.3 Å². The summed E-state index contributed by atoms with van der Waals surface area (Å²) in [5, 5.41) is 34.1. The minimum absolute atomic E-state index is 0.0800. The summed E-state index contributed by atoms with van der Waals surface area (Å²) in [6.07, 6.45) is 0. The van der Waals surface area contributed by atoms with E-state index in [1.165, 1.54) is 30.3 Å². The smallest absolute Gasteiger partial charge is 0.258 e. The van der Waals surface area contributed by atoms with E-state index < -0.39 is 32.0 Å². The second kappa shape index (κ2) is 6.81. The Morgan fingerprint density at radius 2 is 1.33 bits per heavy atom. The van der Waals surface area contributed by atoms with Crippen LogP contribution < -0.4 is 0 Å². The number of benzene rings is 3. The Morgan fingerprint density at radius 1 is 0.700 bits per heavy atom. The van der Waals surface area contributed by atoms with Crippen molar-refractivity contribution in [3.63, 3.8) is 0 Å². The van der Waals surface area contributed by atoms with Crippen LogP contribution in [0.15, 0.2) is 59.6 Å². The second-order valence-corrected chi connectivity index (χ2v) is 6.33. The van der Waals surface area contributed by atoms with Gasteiger partial charge in [-0.05, 0) is 35.9 Å². The van der Waals surface area contributed by atoms with Gasteiger partial charge in [0.25, 0.3) is 17.1 Å². The molecule has 0 heterocycles. The molecule has 1 aliphatic carbocycles. The molecule has 30 heavy (non-hydrogen) atoms. The Kier molecular flexibility index (Phi) is 4.27. The summed E-state index contributed by atoms with van der Waals surface area (Å²) >= 11 is 0. The van der Waals surface area contributed by atoms with Crippen LogP contribution in [0.25, 0.3) is 11.1 Å².